The van der Waals surface area contributed by atoms with Crippen LogP contribution >= 0.6 is 0 Å². The summed E-state index contributed by atoms with van der Waals surface area (Å²) in [6, 6.07) is 1.67. The van der Waals surface area contributed by atoms with Crippen molar-refractivity contribution >= 4 is 23.3 Å². The van der Waals surface area contributed by atoms with Crippen molar-refractivity contribution in [3.63, 3.8) is 0 Å². The van der Waals surface area contributed by atoms with E-state index in [0.717, 1.165) is 0 Å². The number of ether oxygens (including phenoxy) is 1. The highest BCUT2D eigenvalue weighted by Gasteiger charge is 2.34. The lowest BCUT2D eigenvalue weighted by molar-refractivity contribution is -0.384. The molecule has 1 amide bonds. The molecule has 0 saturated carbocycles. The third-order valence-corrected chi connectivity index (χ3v) is 3.78. The largest absolute Gasteiger partial charge is 0.496 e. The number of rotatable bonds is 6. The summed E-state index contributed by atoms with van der Waals surface area (Å²) in [5.41, 5.74) is 6.05. The van der Waals surface area contributed by atoms with Gasteiger partial charge in [-0.1, -0.05) is 0 Å². The van der Waals surface area contributed by atoms with Crippen LogP contribution in [0.4, 0.5) is 11.4 Å². The molecule has 0 bridgehead atoms. The van der Waals surface area contributed by atoms with Crippen LogP contribution in [0, 0.1) is 10.1 Å². The van der Waals surface area contributed by atoms with Crippen LogP contribution in [0.5, 0.6) is 5.75 Å². The first-order chi connectivity index (χ1) is 10.9. The third kappa shape index (κ3) is 3.24. The summed E-state index contributed by atoms with van der Waals surface area (Å²) in [4.78, 5) is 35.0. The van der Waals surface area contributed by atoms with Crippen LogP contribution in [0.1, 0.15) is 18.4 Å². The van der Waals surface area contributed by atoms with Crippen LogP contribution in [0.25, 0.3) is 0 Å². The van der Waals surface area contributed by atoms with Crippen molar-refractivity contribution in [3.05, 3.63) is 27.8 Å². The molecule has 1 aliphatic heterocycles. The average molecular weight is 323 g/mol. The molecule has 23 heavy (non-hydrogen) atoms. The zero-order valence-corrected chi connectivity index (χ0v) is 12.5. The lowest BCUT2D eigenvalue weighted by atomic mass is 10.1. The Morgan fingerprint density at radius 1 is 1.52 bits per heavy atom. The Morgan fingerprint density at radius 2 is 2.22 bits per heavy atom. The number of nitrogens with two attached hydrogens (primary N) is 1. The van der Waals surface area contributed by atoms with Crippen molar-refractivity contribution in [1.29, 1.82) is 0 Å². The molecule has 9 nitrogen and oxygen atoms in total. The Hall–Kier alpha value is -2.68. The molecule has 9 heteroatoms. The van der Waals surface area contributed by atoms with Gasteiger partial charge >= 0.3 is 5.97 Å². The highest BCUT2D eigenvalue weighted by Crippen LogP contribution is 2.42. The smallest absolute Gasteiger partial charge is 0.320 e. The van der Waals surface area contributed by atoms with Crippen molar-refractivity contribution in [2.24, 2.45) is 5.73 Å². The molecule has 0 radical (unpaired) electrons. The summed E-state index contributed by atoms with van der Waals surface area (Å²) in [6.07, 6.45) is 0.315. The normalized spacial score (nSPS) is 14.3. The number of nitrogens with zero attached hydrogens (tertiary/aromatic N) is 2. The van der Waals surface area contributed by atoms with E-state index in [2.05, 4.69) is 0 Å². The summed E-state index contributed by atoms with van der Waals surface area (Å²) in [5, 5.41) is 20.0. The average Bonchev–Trinajstić information content (AvgIpc) is 2.95. The maximum Gasteiger partial charge on any atom is 0.320 e. The topological polar surface area (TPSA) is 136 Å². The van der Waals surface area contributed by atoms with Crippen LogP contribution in [0.3, 0.4) is 0 Å². The molecule has 0 fully saturated rings. The predicted octanol–water partition coefficient (Wildman–Crippen LogP) is 0.685. The van der Waals surface area contributed by atoms with E-state index in [1.807, 2.05) is 0 Å². The highest BCUT2D eigenvalue weighted by atomic mass is 16.6. The van der Waals surface area contributed by atoms with E-state index in [1.165, 1.54) is 24.1 Å². The molecule has 1 aromatic rings. The van der Waals surface area contributed by atoms with Gasteiger partial charge in [0, 0.05) is 24.6 Å². The molecule has 1 aliphatic rings. The Balaban J connectivity index is 2.28. The van der Waals surface area contributed by atoms with Crippen molar-refractivity contribution in [1.82, 2.24) is 0 Å². The minimum Gasteiger partial charge on any atom is -0.496 e. The summed E-state index contributed by atoms with van der Waals surface area (Å²) in [7, 11) is 1.46. The molecule has 1 unspecified atom stereocenters. The van der Waals surface area contributed by atoms with Crippen LogP contribution in [0.15, 0.2) is 12.1 Å². The first kappa shape index (κ1) is 16.7. The van der Waals surface area contributed by atoms with Gasteiger partial charge in [-0.15, -0.1) is 0 Å². The number of nitro benzene ring substituents is 1. The molecule has 0 spiro atoms. The number of hydrogen-bond acceptors (Lipinski definition) is 6. The van der Waals surface area contributed by atoms with E-state index in [-0.39, 0.29) is 30.8 Å². The summed E-state index contributed by atoms with van der Waals surface area (Å²) < 4.78 is 5.19. The number of amides is 1. The number of carboxylic acid groups (broad SMARTS) is 1. The van der Waals surface area contributed by atoms with Gasteiger partial charge in [0.2, 0.25) is 5.91 Å². The molecular weight excluding hydrogens is 306 g/mol. The molecule has 1 heterocycles. The molecule has 3 N–H and O–H groups in total. The number of fused-ring (bicyclic) bond motifs is 1. The van der Waals surface area contributed by atoms with Crippen molar-refractivity contribution in [3.8, 4) is 5.75 Å². The minimum atomic E-state index is -1.19. The lowest BCUT2D eigenvalue weighted by Gasteiger charge is -2.18. The summed E-state index contributed by atoms with van der Waals surface area (Å²) in [6.45, 7) is 0.289. The van der Waals surface area contributed by atoms with Crippen LogP contribution in [0.2, 0.25) is 0 Å². The maximum atomic E-state index is 12.3. The molecule has 0 aromatic heterocycles. The lowest BCUT2D eigenvalue weighted by Crippen LogP contribution is -2.34. The molecule has 124 valence electrons. The molecule has 1 aromatic carbocycles. The zero-order chi connectivity index (χ0) is 17.1. The second-order valence-electron chi connectivity index (χ2n) is 5.15. The Morgan fingerprint density at radius 3 is 2.78 bits per heavy atom. The Bertz CT molecular complexity index is 660. The van der Waals surface area contributed by atoms with Crippen LogP contribution in [-0.4, -0.2) is 41.6 Å². The first-order valence-corrected chi connectivity index (χ1v) is 6.99. The summed E-state index contributed by atoms with van der Waals surface area (Å²) in [5.74, 6) is -1.09. The number of carbonyl (C=O) groups excluding carboxylic acids is 1. The van der Waals surface area contributed by atoms with E-state index < -0.39 is 22.8 Å². The molecule has 0 saturated heterocycles. The second-order valence-corrected chi connectivity index (χ2v) is 5.15. The Kier molecular flexibility index (Phi) is 4.80. The van der Waals surface area contributed by atoms with Gasteiger partial charge in [0.1, 0.15) is 17.5 Å². The van der Waals surface area contributed by atoms with E-state index in [4.69, 9.17) is 15.6 Å². The molecule has 0 aliphatic carbocycles. The number of anilines is 1. The maximum absolute atomic E-state index is 12.3. The fourth-order valence-corrected chi connectivity index (χ4v) is 2.61. The predicted molar refractivity (Wildman–Crippen MR) is 80.6 cm³/mol. The fraction of sp³-hybridized carbons (Fsp3) is 0.429. The van der Waals surface area contributed by atoms with E-state index >= 15 is 0 Å². The number of nitro groups is 1. The molecular formula is C14H17N3O6. The second kappa shape index (κ2) is 6.61. The van der Waals surface area contributed by atoms with Gasteiger partial charge in [-0.3, -0.25) is 19.7 Å². The van der Waals surface area contributed by atoms with Gasteiger partial charge < -0.3 is 20.5 Å². The van der Waals surface area contributed by atoms with Gasteiger partial charge in [-0.2, -0.15) is 0 Å². The van der Waals surface area contributed by atoms with Gasteiger partial charge in [-0.25, -0.2) is 0 Å². The number of carbonyl (C=O) groups is 2. The monoisotopic (exact) mass is 323 g/mol. The van der Waals surface area contributed by atoms with Crippen molar-refractivity contribution in [2.75, 3.05) is 18.6 Å². The third-order valence-electron chi connectivity index (χ3n) is 3.78. The van der Waals surface area contributed by atoms with Crippen molar-refractivity contribution < 1.29 is 24.4 Å². The first-order valence-electron chi connectivity index (χ1n) is 6.99. The van der Waals surface area contributed by atoms with Gasteiger partial charge in [0.15, 0.2) is 0 Å². The van der Waals surface area contributed by atoms with E-state index in [1.54, 1.807) is 0 Å². The zero-order valence-electron chi connectivity index (χ0n) is 12.5. The Labute approximate surface area is 131 Å². The van der Waals surface area contributed by atoms with Gasteiger partial charge in [0.05, 0.1) is 12.0 Å². The highest BCUT2D eigenvalue weighted by molar-refractivity contribution is 5.99. The fourth-order valence-electron chi connectivity index (χ4n) is 2.61. The van der Waals surface area contributed by atoms with E-state index in [0.29, 0.717) is 17.7 Å². The van der Waals surface area contributed by atoms with Crippen molar-refractivity contribution in [2.45, 2.75) is 25.3 Å². The molecule has 1 atom stereocenters. The quantitative estimate of drug-likeness (QED) is 0.580. The minimum absolute atomic E-state index is 0.0300. The standard InChI is InChI=1S/C14H17N3O6/c1-23-11-4-3-10(17(21)22)13-8(11)6-7-16(13)12(18)5-2-9(15)14(19)20/h3-4,9H,2,5-7,15H2,1H3,(H,19,20). The van der Waals surface area contributed by atoms with E-state index in [9.17, 15) is 19.7 Å². The number of aliphatic carboxylic acids is 1. The number of methoxy groups -OCH3 is 1. The van der Waals surface area contributed by atoms with Crippen LogP contribution < -0.4 is 15.4 Å². The van der Waals surface area contributed by atoms with Crippen LogP contribution in [-0.2, 0) is 16.0 Å². The van der Waals surface area contributed by atoms with Gasteiger partial charge in [-0.05, 0) is 18.9 Å². The van der Waals surface area contributed by atoms with Gasteiger partial charge in [0.25, 0.3) is 5.69 Å². The SMILES string of the molecule is COc1ccc([N+](=O)[O-])c2c1CCN2C(=O)CCC(N)C(=O)O. The summed E-state index contributed by atoms with van der Waals surface area (Å²) >= 11 is 0. The number of benzene rings is 1. The molecule has 2 rings (SSSR count). The number of carboxylic acids is 1. The number of hydrogen-bond donors (Lipinski definition) is 2.